The van der Waals surface area contributed by atoms with Gasteiger partial charge in [0.25, 0.3) is 0 Å². The van der Waals surface area contributed by atoms with Gasteiger partial charge in [0.05, 0.1) is 0 Å². The summed E-state index contributed by atoms with van der Waals surface area (Å²) in [6.07, 6.45) is 5.22. The Kier molecular flexibility index (Phi) is 1.89. The van der Waals surface area contributed by atoms with E-state index in [-0.39, 0.29) is 5.54 Å². The van der Waals surface area contributed by atoms with Crippen LogP contribution >= 0.6 is 8.58 Å². The molecule has 0 radical (unpaired) electrons. The van der Waals surface area contributed by atoms with Gasteiger partial charge >= 0.3 is 0 Å². The monoisotopic (exact) mass is 131 g/mol. The minimum atomic E-state index is 0.186. The van der Waals surface area contributed by atoms with E-state index in [0.29, 0.717) is 0 Å². The third-order valence-electron chi connectivity index (χ3n) is 1.75. The van der Waals surface area contributed by atoms with Crippen LogP contribution in [-0.2, 0) is 0 Å². The molecule has 0 bridgehead atoms. The van der Waals surface area contributed by atoms with Crippen molar-refractivity contribution in [2.75, 3.05) is 12.3 Å². The van der Waals surface area contributed by atoms with Gasteiger partial charge < -0.3 is 5.73 Å². The molecule has 0 atom stereocenters. The molecule has 0 saturated carbocycles. The molecule has 48 valence electrons. The molecule has 1 heterocycles. The van der Waals surface area contributed by atoms with Crippen molar-refractivity contribution >= 4 is 8.58 Å². The lowest BCUT2D eigenvalue weighted by Crippen LogP contribution is -2.39. The highest BCUT2D eigenvalue weighted by molar-refractivity contribution is 7.38. The smallest absolute Gasteiger partial charge is 0.0132 e. The normalized spacial score (nSPS) is 42.8. The fraction of sp³-hybridized carbons (Fsp3) is 1.00. The van der Waals surface area contributed by atoms with Crippen molar-refractivity contribution in [3.05, 3.63) is 0 Å². The van der Waals surface area contributed by atoms with Gasteiger partial charge in [-0.25, -0.2) is 0 Å². The van der Waals surface area contributed by atoms with Gasteiger partial charge in [-0.1, -0.05) is 0 Å². The Morgan fingerprint density at radius 1 is 1.38 bits per heavy atom. The second-order valence-corrected chi connectivity index (χ2v) is 4.40. The highest BCUT2D eigenvalue weighted by atomic mass is 31.1. The van der Waals surface area contributed by atoms with Gasteiger partial charge in [0.15, 0.2) is 0 Å². The molecule has 0 amide bonds. The summed E-state index contributed by atoms with van der Waals surface area (Å²) in [5.74, 6) is 0. The van der Waals surface area contributed by atoms with Crippen molar-refractivity contribution in [1.29, 1.82) is 0 Å². The predicted octanol–water partition coefficient (Wildman–Crippen LogP) is 1.18. The van der Waals surface area contributed by atoms with Gasteiger partial charge in [-0.05, 0) is 32.1 Å². The van der Waals surface area contributed by atoms with Crippen LogP contribution in [0, 0.1) is 0 Å². The summed E-state index contributed by atoms with van der Waals surface area (Å²) in [7, 11) is 1.19. The summed E-state index contributed by atoms with van der Waals surface area (Å²) in [4.78, 5) is 0. The zero-order valence-corrected chi connectivity index (χ0v) is 6.41. The first kappa shape index (κ1) is 6.51. The van der Waals surface area contributed by atoms with Gasteiger partial charge in [-0.15, -0.1) is 8.58 Å². The van der Waals surface area contributed by atoms with E-state index in [1.165, 1.54) is 33.7 Å². The molecule has 1 aliphatic rings. The Morgan fingerprint density at radius 2 is 1.88 bits per heavy atom. The summed E-state index contributed by atoms with van der Waals surface area (Å²) < 4.78 is 0. The van der Waals surface area contributed by atoms with Crippen LogP contribution in [0.2, 0.25) is 0 Å². The second kappa shape index (κ2) is 2.33. The van der Waals surface area contributed by atoms with E-state index in [9.17, 15) is 0 Å². The molecule has 1 saturated heterocycles. The van der Waals surface area contributed by atoms with Crippen LogP contribution in [-0.4, -0.2) is 17.9 Å². The molecule has 1 fully saturated rings. The van der Waals surface area contributed by atoms with Gasteiger partial charge in [0.2, 0.25) is 0 Å². The summed E-state index contributed by atoms with van der Waals surface area (Å²) >= 11 is 0. The van der Waals surface area contributed by atoms with Gasteiger partial charge in [-0.3, -0.25) is 0 Å². The predicted molar refractivity (Wildman–Crippen MR) is 39.9 cm³/mol. The molecule has 0 unspecified atom stereocenters. The summed E-state index contributed by atoms with van der Waals surface area (Å²) in [6.45, 7) is 2.16. The second-order valence-electron chi connectivity index (χ2n) is 2.90. The Morgan fingerprint density at radius 3 is 2.12 bits per heavy atom. The highest BCUT2D eigenvalue weighted by Crippen LogP contribution is 2.27. The lowest BCUT2D eigenvalue weighted by Gasteiger charge is -2.28. The first-order chi connectivity index (χ1) is 3.71. The minimum Gasteiger partial charge on any atom is -0.325 e. The van der Waals surface area contributed by atoms with Crippen molar-refractivity contribution in [3.8, 4) is 0 Å². The molecular formula is C6H14NP. The number of nitrogens with two attached hydrogens (primary N) is 1. The maximum atomic E-state index is 5.88. The minimum absolute atomic E-state index is 0.186. The van der Waals surface area contributed by atoms with Crippen LogP contribution < -0.4 is 5.73 Å². The van der Waals surface area contributed by atoms with Crippen molar-refractivity contribution in [1.82, 2.24) is 0 Å². The number of hydrogen-bond acceptors (Lipinski definition) is 1. The molecule has 2 N–H and O–H groups in total. The van der Waals surface area contributed by atoms with E-state index in [4.69, 9.17) is 5.73 Å². The van der Waals surface area contributed by atoms with Crippen molar-refractivity contribution < 1.29 is 0 Å². The largest absolute Gasteiger partial charge is 0.325 e. The van der Waals surface area contributed by atoms with Crippen molar-refractivity contribution in [2.45, 2.75) is 25.3 Å². The van der Waals surface area contributed by atoms with E-state index in [1.54, 1.807) is 0 Å². The number of hydrogen-bond donors (Lipinski definition) is 1. The molecule has 1 rings (SSSR count). The molecule has 0 aliphatic carbocycles. The molecule has 0 aromatic rings. The van der Waals surface area contributed by atoms with Crippen LogP contribution in [0.3, 0.4) is 0 Å². The fourth-order valence-electron chi connectivity index (χ4n) is 0.998. The summed E-state index contributed by atoms with van der Waals surface area (Å²) in [5, 5.41) is 0. The third kappa shape index (κ3) is 1.72. The van der Waals surface area contributed by atoms with Gasteiger partial charge in [0, 0.05) is 5.54 Å². The fourth-order valence-corrected chi connectivity index (χ4v) is 2.74. The Hall–Kier alpha value is 0.390. The molecule has 8 heavy (non-hydrogen) atoms. The number of rotatable bonds is 0. The zero-order chi connectivity index (χ0) is 6.04. The first-order valence-corrected chi connectivity index (χ1v) is 4.62. The molecule has 0 aromatic carbocycles. The Bertz CT molecular complexity index is 72.6. The van der Waals surface area contributed by atoms with E-state index in [1.807, 2.05) is 0 Å². The molecule has 0 spiro atoms. The average molecular weight is 131 g/mol. The van der Waals surface area contributed by atoms with Crippen molar-refractivity contribution in [3.63, 3.8) is 0 Å². The van der Waals surface area contributed by atoms with E-state index in [0.717, 1.165) is 0 Å². The van der Waals surface area contributed by atoms with Gasteiger partial charge in [0.1, 0.15) is 0 Å². The van der Waals surface area contributed by atoms with E-state index in [2.05, 4.69) is 6.92 Å². The van der Waals surface area contributed by atoms with Crippen LogP contribution in [0.15, 0.2) is 0 Å². The molecule has 2 heteroatoms. The van der Waals surface area contributed by atoms with Crippen LogP contribution in [0.25, 0.3) is 0 Å². The maximum Gasteiger partial charge on any atom is 0.0132 e. The lowest BCUT2D eigenvalue weighted by molar-refractivity contribution is 0.433. The van der Waals surface area contributed by atoms with E-state index < -0.39 is 0 Å². The van der Waals surface area contributed by atoms with E-state index >= 15 is 0 Å². The van der Waals surface area contributed by atoms with Crippen LogP contribution in [0.4, 0.5) is 0 Å². The Balaban J connectivity index is 2.33. The topological polar surface area (TPSA) is 26.0 Å². The van der Waals surface area contributed by atoms with Gasteiger partial charge in [-0.2, -0.15) is 0 Å². The lowest BCUT2D eigenvalue weighted by atomic mass is 9.97. The first-order valence-electron chi connectivity index (χ1n) is 3.20. The maximum absolute atomic E-state index is 5.88. The van der Waals surface area contributed by atoms with Crippen LogP contribution in [0.5, 0.6) is 0 Å². The molecule has 1 nitrogen and oxygen atoms in total. The quantitative estimate of drug-likeness (QED) is 0.491. The Labute approximate surface area is 52.8 Å². The molecular weight excluding hydrogens is 117 g/mol. The molecule has 1 aliphatic heterocycles. The average Bonchev–Trinajstić information content (AvgIpc) is 1.65. The highest BCUT2D eigenvalue weighted by Gasteiger charge is 2.20. The molecule has 0 aromatic heterocycles. The summed E-state index contributed by atoms with van der Waals surface area (Å²) in [6, 6.07) is 0. The standard InChI is InChI=1S/C6H14NP/c1-6(7)2-4-8-5-3-6/h8H,2-5,7H2,1H3. The SMILES string of the molecule is CC1(N)CCPCC1. The summed E-state index contributed by atoms with van der Waals surface area (Å²) in [5.41, 5.74) is 6.07. The van der Waals surface area contributed by atoms with Crippen molar-refractivity contribution in [2.24, 2.45) is 5.73 Å². The van der Waals surface area contributed by atoms with Crippen LogP contribution in [0.1, 0.15) is 19.8 Å². The third-order valence-corrected chi connectivity index (χ3v) is 2.95. The zero-order valence-electron chi connectivity index (χ0n) is 5.41.